The van der Waals surface area contributed by atoms with Gasteiger partial charge in [-0.3, -0.25) is 9.59 Å². The highest BCUT2D eigenvalue weighted by atomic mass is 16.5. The highest BCUT2D eigenvalue weighted by Crippen LogP contribution is 2.26. The molecule has 0 spiro atoms. The molecule has 1 aliphatic rings. The van der Waals surface area contributed by atoms with E-state index in [1.807, 2.05) is 60.7 Å². The van der Waals surface area contributed by atoms with Gasteiger partial charge in [-0.1, -0.05) is 55.0 Å². The van der Waals surface area contributed by atoms with Gasteiger partial charge in [0.05, 0.1) is 13.2 Å². The Kier molecular flexibility index (Phi) is 7.72. The van der Waals surface area contributed by atoms with Gasteiger partial charge in [0.1, 0.15) is 17.5 Å². The van der Waals surface area contributed by atoms with Crippen LogP contribution < -0.4 is 15.4 Å². The summed E-state index contributed by atoms with van der Waals surface area (Å²) in [5, 5.41) is 5.74. The standard InChI is InChI=1S/C27H28N2O4/c30-26(21-10-7-11-21)29-25(19-32-18-20-8-3-1-4-9-20)27(31)28-22-14-16-24(17-15-22)33-23-12-5-2-6-13-23/h1-6,8-9,12-17,21,25H,7,10-11,18-19H2,(H,28,31)(H,29,30). The van der Waals surface area contributed by atoms with Crippen LogP contribution in [0.5, 0.6) is 11.5 Å². The van der Waals surface area contributed by atoms with Crippen LogP contribution in [0.1, 0.15) is 24.8 Å². The predicted molar refractivity (Wildman–Crippen MR) is 127 cm³/mol. The Morgan fingerprint density at radius 1 is 0.848 bits per heavy atom. The highest BCUT2D eigenvalue weighted by Gasteiger charge is 2.29. The molecule has 0 heterocycles. The van der Waals surface area contributed by atoms with Crippen LogP contribution in [-0.4, -0.2) is 24.5 Å². The quantitative estimate of drug-likeness (QED) is 0.465. The van der Waals surface area contributed by atoms with E-state index in [0.29, 0.717) is 18.0 Å². The minimum Gasteiger partial charge on any atom is -0.457 e. The fourth-order valence-electron chi connectivity index (χ4n) is 3.47. The maximum atomic E-state index is 13.0. The number of anilines is 1. The zero-order valence-corrected chi connectivity index (χ0v) is 18.4. The summed E-state index contributed by atoms with van der Waals surface area (Å²) in [5.41, 5.74) is 1.63. The lowest BCUT2D eigenvalue weighted by atomic mass is 9.84. The highest BCUT2D eigenvalue weighted by molar-refractivity contribution is 5.97. The molecular formula is C27H28N2O4. The predicted octanol–water partition coefficient (Wildman–Crippen LogP) is 4.92. The average molecular weight is 445 g/mol. The molecule has 2 N–H and O–H groups in total. The Morgan fingerprint density at radius 2 is 1.48 bits per heavy atom. The van der Waals surface area contributed by atoms with E-state index in [4.69, 9.17) is 9.47 Å². The van der Waals surface area contributed by atoms with Crippen molar-refractivity contribution >= 4 is 17.5 Å². The first-order chi connectivity index (χ1) is 16.2. The molecule has 1 saturated carbocycles. The summed E-state index contributed by atoms with van der Waals surface area (Å²) in [6.45, 7) is 0.462. The number of carbonyl (C=O) groups excluding carboxylic acids is 2. The second-order valence-corrected chi connectivity index (χ2v) is 8.12. The van der Waals surface area contributed by atoms with Crippen molar-refractivity contribution in [2.24, 2.45) is 5.92 Å². The molecule has 33 heavy (non-hydrogen) atoms. The molecule has 1 unspecified atom stereocenters. The Hall–Kier alpha value is -3.64. The second-order valence-electron chi connectivity index (χ2n) is 8.12. The van der Waals surface area contributed by atoms with Gasteiger partial charge in [0.15, 0.2) is 0 Å². The molecule has 1 fully saturated rings. The minimum absolute atomic E-state index is 0.0103. The lowest BCUT2D eigenvalue weighted by Gasteiger charge is -2.27. The Labute approximate surface area is 193 Å². The first-order valence-electron chi connectivity index (χ1n) is 11.2. The molecule has 0 bridgehead atoms. The maximum absolute atomic E-state index is 13.0. The SMILES string of the molecule is O=C(NC(COCc1ccccc1)C(=O)Nc1ccc(Oc2ccccc2)cc1)C1CCC1. The Bertz CT molecular complexity index is 1030. The molecule has 6 heteroatoms. The average Bonchev–Trinajstić information content (AvgIpc) is 2.80. The van der Waals surface area contributed by atoms with Crippen LogP contribution in [0, 0.1) is 5.92 Å². The molecule has 1 aliphatic carbocycles. The lowest BCUT2D eigenvalue weighted by molar-refractivity contribution is -0.132. The van der Waals surface area contributed by atoms with E-state index >= 15 is 0 Å². The van der Waals surface area contributed by atoms with Gasteiger partial charge in [-0.05, 0) is 54.8 Å². The molecule has 6 nitrogen and oxygen atoms in total. The topological polar surface area (TPSA) is 76.7 Å². The summed E-state index contributed by atoms with van der Waals surface area (Å²) in [6.07, 6.45) is 2.79. The van der Waals surface area contributed by atoms with Crippen molar-refractivity contribution < 1.29 is 19.1 Å². The third-order valence-corrected chi connectivity index (χ3v) is 5.61. The summed E-state index contributed by atoms with van der Waals surface area (Å²) in [5.74, 6) is 0.997. The van der Waals surface area contributed by atoms with E-state index in [2.05, 4.69) is 10.6 Å². The first-order valence-corrected chi connectivity index (χ1v) is 11.2. The van der Waals surface area contributed by atoms with Crippen LogP contribution in [0.25, 0.3) is 0 Å². The minimum atomic E-state index is -0.776. The van der Waals surface area contributed by atoms with E-state index in [1.165, 1.54) is 0 Å². The van der Waals surface area contributed by atoms with E-state index in [-0.39, 0.29) is 24.3 Å². The zero-order chi connectivity index (χ0) is 22.9. The van der Waals surface area contributed by atoms with Crippen LogP contribution in [-0.2, 0) is 20.9 Å². The number of hydrogen-bond donors (Lipinski definition) is 2. The van der Waals surface area contributed by atoms with E-state index in [9.17, 15) is 9.59 Å². The summed E-state index contributed by atoms with van der Waals surface area (Å²) >= 11 is 0. The third-order valence-electron chi connectivity index (χ3n) is 5.61. The molecule has 0 radical (unpaired) electrons. The fraction of sp³-hybridized carbons (Fsp3) is 0.259. The summed E-state index contributed by atoms with van der Waals surface area (Å²) in [4.78, 5) is 25.4. The molecule has 2 amide bonds. The number of hydrogen-bond acceptors (Lipinski definition) is 4. The molecule has 0 aliphatic heterocycles. The number of ether oxygens (including phenoxy) is 2. The van der Waals surface area contributed by atoms with Gasteiger partial charge in [0.2, 0.25) is 11.8 Å². The zero-order valence-electron chi connectivity index (χ0n) is 18.4. The van der Waals surface area contributed by atoms with Crippen molar-refractivity contribution in [3.63, 3.8) is 0 Å². The summed E-state index contributed by atoms with van der Waals surface area (Å²) in [6, 6.07) is 25.6. The molecule has 1 atom stereocenters. The molecule has 4 rings (SSSR count). The number of carbonyl (C=O) groups is 2. The number of nitrogens with one attached hydrogen (secondary N) is 2. The van der Waals surface area contributed by atoms with E-state index < -0.39 is 6.04 Å². The molecule has 0 saturated heterocycles. The maximum Gasteiger partial charge on any atom is 0.249 e. The fourth-order valence-corrected chi connectivity index (χ4v) is 3.47. The van der Waals surface area contributed by atoms with Crippen molar-refractivity contribution in [2.75, 3.05) is 11.9 Å². The van der Waals surface area contributed by atoms with Crippen LogP contribution in [0.3, 0.4) is 0 Å². The first kappa shape index (κ1) is 22.6. The van der Waals surface area contributed by atoms with Crippen molar-refractivity contribution in [2.45, 2.75) is 31.9 Å². The largest absolute Gasteiger partial charge is 0.457 e. The van der Waals surface area contributed by atoms with E-state index in [0.717, 1.165) is 30.6 Å². The van der Waals surface area contributed by atoms with Gasteiger partial charge >= 0.3 is 0 Å². The molecule has 3 aromatic rings. The van der Waals surface area contributed by atoms with Crippen LogP contribution in [0.15, 0.2) is 84.9 Å². The van der Waals surface area contributed by atoms with Crippen molar-refractivity contribution in [3.05, 3.63) is 90.5 Å². The molecule has 0 aromatic heterocycles. The number of para-hydroxylation sites is 1. The van der Waals surface area contributed by atoms with Crippen LogP contribution in [0.2, 0.25) is 0 Å². The van der Waals surface area contributed by atoms with Gasteiger partial charge < -0.3 is 20.1 Å². The number of rotatable bonds is 10. The smallest absolute Gasteiger partial charge is 0.249 e. The third kappa shape index (κ3) is 6.67. The molecule has 170 valence electrons. The second kappa shape index (κ2) is 11.3. The van der Waals surface area contributed by atoms with Crippen molar-refractivity contribution in [3.8, 4) is 11.5 Å². The normalized spacial score (nSPS) is 14.1. The van der Waals surface area contributed by atoms with Gasteiger partial charge in [0, 0.05) is 11.6 Å². The lowest BCUT2D eigenvalue weighted by Crippen LogP contribution is -2.49. The Balaban J connectivity index is 1.35. The van der Waals surface area contributed by atoms with E-state index in [1.54, 1.807) is 24.3 Å². The summed E-state index contributed by atoms with van der Waals surface area (Å²) in [7, 11) is 0. The van der Waals surface area contributed by atoms with Crippen molar-refractivity contribution in [1.82, 2.24) is 5.32 Å². The molecular weight excluding hydrogens is 416 g/mol. The van der Waals surface area contributed by atoms with Crippen molar-refractivity contribution in [1.29, 1.82) is 0 Å². The van der Waals surface area contributed by atoms with Gasteiger partial charge in [-0.15, -0.1) is 0 Å². The van der Waals surface area contributed by atoms with Crippen LogP contribution in [0.4, 0.5) is 5.69 Å². The number of amides is 2. The monoisotopic (exact) mass is 444 g/mol. The number of benzene rings is 3. The Morgan fingerprint density at radius 3 is 2.12 bits per heavy atom. The van der Waals surface area contributed by atoms with Gasteiger partial charge in [0.25, 0.3) is 0 Å². The summed E-state index contributed by atoms with van der Waals surface area (Å²) < 4.78 is 11.6. The van der Waals surface area contributed by atoms with Crippen LogP contribution >= 0.6 is 0 Å². The van der Waals surface area contributed by atoms with Gasteiger partial charge in [-0.2, -0.15) is 0 Å². The molecule has 3 aromatic carbocycles. The van der Waals surface area contributed by atoms with Gasteiger partial charge in [-0.25, -0.2) is 0 Å².